The number of fused-ring (bicyclic) bond motifs is 2. The van der Waals surface area contributed by atoms with Crippen LogP contribution in [-0.4, -0.2) is 42.8 Å². The summed E-state index contributed by atoms with van der Waals surface area (Å²) >= 11 is 6.17. The molecule has 4 heterocycles. The van der Waals surface area contributed by atoms with E-state index in [2.05, 4.69) is 32.2 Å². The maximum atomic E-state index is 13.4. The van der Waals surface area contributed by atoms with Gasteiger partial charge in [-0.3, -0.25) is 4.79 Å². The van der Waals surface area contributed by atoms with E-state index in [1.54, 1.807) is 11.8 Å². The van der Waals surface area contributed by atoms with Crippen molar-refractivity contribution in [2.45, 2.75) is 45.2 Å². The van der Waals surface area contributed by atoms with Crippen LogP contribution in [0.25, 0.3) is 11.1 Å². The molecule has 0 aromatic carbocycles. The lowest BCUT2D eigenvalue weighted by atomic mass is 10.0. The van der Waals surface area contributed by atoms with E-state index in [9.17, 15) is 4.79 Å². The minimum atomic E-state index is -0.115. The molecule has 9 heteroatoms. The van der Waals surface area contributed by atoms with Gasteiger partial charge in [0.1, 0.15) is 29.4 Å². The first kappa shape index (κ1) is 17.4. The number of aromatic nitrogens is 4. The first-order valence-electron chi connectivity index (χ1n) is 9.25. The van der Waals surface area contributed by atoms with Crippen LogP contribution >= 0.6 is 11.6 Å². The molecule has 0 saturated heterocycles. The number of carbonyl (C=O) groups is 1. The van der Waals surface area contributed by atoms with Crippen molar-refractivity contribution < 1.29 is 9.21 Å². The molecule has 0 bridgehead atoms. The van der Waals surface area contributed by atoms with E-state index in [1.807, 2.05) is 0 Å². The summed E-state index contributed by atoms with van der Waals surface area (Å²) in [5, 5.41) is 4.55. The van der Waals surface area contributed by atoms with Gasteiger partial charge in [-0.1, -0.05) is 11.6 Å². The van der Waals surface area contributed by atoms with Crippen LogP contribution in [0.5, 0.6) is 0 Å². The number of furan rings is 1. The summed E-state index contributed by atoms with van der Waals surface area (Å²) in [6.45, 7) is 4.85. The summed E-state index contributed by atoms with van der Waals surface area (Å²) in [6, 6.07) is 0. The van der Waals surface area contributed by atoms with Gasteiger partial charge in [0.25, 0.3) is 5.91 Å². The maximum Gasteiger partial charge on any atom is 0.258 e. The Morgan fingerprint density at radius 3 is 2.82 bits per heavy atom. The fraction of sp³-hybridized carbons (Fsp3) is 0.421. The lowest BCUT2D eigenvalue weighted by molar-refractivity contribution is 0.0731. The quantitative estimate of drug-likeness (QED) is 0.677. The predicted octanol–water partition coefficient (Wildman–Crippen LogP) is 3.14. The zero-order chi connectivity index (χ0) is 19.5. The Labute approximate surface area is 166 Å². The molecule has 1 amide bonds. The molecule has 1 saturated carbocycles. The maximum absolute atomic E-state index is 13.4. The van der Waals surface area contributed by atoms with Crippen molar-refractivity contribution in [3.63, 3.8) is 0 Å². The minimum Gasteiger partial charge on any atom is -0.442 e. The van der Waals surface area contributed by atoms with E-state index in [0.717, 1.165) is 24.1 Å². The zero-order valence-corrected chi connectivity index (χ0v) is 16.4. The molecule has 28 heavy (non-hydrogen) atoms. The van der Waals surface area contributed by atoms with Gasteiger partial charge in [-0.2, -0.15) is 0 Å². The van der Waals surface area contributed by atoms with E-state index < -0.39 is 0 Å². The molecule has 0 spiro atoms. The molecule has 3 aromatic rings. The van der Waals surface area contributed by atoms with E-state index in [-0.39, 0.29) is 11.4 Å². The largest absolute Gasteiger partial charge is 0.442 e. The second-order valence-corrected chi connectivity index (χ2v) is 8.05. The molecule has 3 aromatic heterocycles. The molecule has 144 valence electrons. The third-order valence-electron chi connectivity index (χ3n) is 5.54. The molecule has 0 unspecified atom stereocenters. The normalized spacial score (nSPS) is 17.5. The van der Waals surface area contributed by atoms with Gasteiger partial charge in [-0.25, -0.2) is 19.9 Å². The molecular weight excluding hydrogens is 380 g/mol. The zero-order valence-electron chi connectivity index (χ0n) is 15.6. The summed E-state index contributed by atoms with van der Waals surface area (Å²) in [6.07, 6.45) is 5.66. The van der Waals surface area contributed by atoms with E-state index >= 15 is 0 Å². The Hall–Kier alpha value is -2.74. The van der Waals surface area contributed by atoms with E-state index in [1.165, 1.54) is 12.7 Å². The molecule has 1 aliphatic heterocycles. The summed E-state index contributed by atoms with van der Waals surface area (Å²) in [5.41, 5.74) is 2.64. The van der Waals surface area contributed by atoms with Crippen molar-refractivity contribution in [2.24, 2.45) is 0 Å². The molecule has 0 atom stereocenters. The number of nitrogens with zero attached hydrogens (tertiary/aromatic N) is 5. The van der Waals surface area contributed by atoms with Crippen molar-refractivity contribution in [1.82, 2.24) is 24.8 Å². The molecule has 1 N–H and O–H groups in total. The Morgan fingerprint density at radius 2 is 2.04 bits per heavy atom. The standard InChI is InChI=1S/C19H19ClN6O2/c1-10-13(14-16(25-19(2)4-5-19)23-9-24-17(14)28-10)18(27)26-6-3-11-12(7-26)21-8-22-15(11)20/h8-9H,3-7H2,1-2H3,(H,23,24,25). The number of halogens is 1. The van der Waals surface area contributed by atoms with Gasteiger partial charge >= 0.3 is 0 Å². The number of nitrogens with one attached hydrogen (secondary N) is 1. The number of aryl methyl sites for hydroxylation is 1. The Bertz CT molecular complexity index is 1110. The third-order valence-corrected chi connectivity index (χ3v) is 5.87. The highest BCUT2D eigenvalue weighted by Crippen LogP contribution is 2.40. The van der Waals surface area contributed by atoms with Crippen molar-refractivity contribution in [1.29, 1.82) is 0 Å². The lowest BCUT2D eigenvalue weighted by Gasteiger charge is -2.28. The van der Waals surface area contributed by atoms with Gasteiger partial charge in [-0.05, 0) is 33.1 Å². The highest BCUT2D eigenvalue weighted by molar-refractivity contribution is 6.30. The van der Waals surface area contributed by atoms with Crippen LogP contribution in [0.15, 0.2) is 17.1 Å². The molecule has 1 fully saturated rings. The molecule has 8 nitrogen and oxygen atoms in total. The second kappa shape index (κ2) is 6.13. The van der Waals surface area contributed by atoms with Gasteiger partial charge < -0.3 is 14.6 Å². The number of carbonyl (C=O) groups excluding carboxylic acids is 1. The van der Waals surface area contributed by atoms with Gasteiger partial charge in [-0.15, -0.1) is 0 Å². The molecule has 1 aliphatic carbocycles. The Morgan fingerprint density at radius 1 is 1.25 bits per heavy atom. The molecule has 0 radical (unpaired) electrons. The summed E-state index contributed by atoms with van der Waals surface area (Å²) in [4.78, 5) is 32.1. The van der Waals surface area contributed by atoms with Crippen molar-refractivity contribution in [2.75, 3.05) is 11.9 Å². The molecule has 5 rings (SSSR count). The van der Waals surface area contributed by atoms with Gasteiger partial charge in [0, 0.05) is 17.6 Å². The highest BCUT2D eigenvalue weighted by Gasteiger charge is 2.39. The van der Waals surface area contributed by atoms with Crippen molar-refractivity contribution in [3.8, 4) is 0 Å². The van der Waals surface area contributed by atoms with Crippen LogP contribution in [0.3, 0.4) is 0 Å². The fourth-order valence-corrected chi connectivity index (χ4v) is 3.89. The SMILES string of the molecule is Cc1oc2ncnc(NC3(C)CC3)c2c1C(=O)N1CCc2c(Cl)ncnc2C1. The molecular formula is C19H19ClN6O2. The summed E-state index contributed by atoms with van der Waals surface area (Å²) < 4.78 is 5.79. The second-order valence-electron chi connectivity index (χ2n) is 7.69. The van der Waals surface area contributed by atoms with E-state index in [0.29, 0.717) is 52.9 Å². The van der Waals surface area contributed by atoms with Crippen LogP contribution < -0.4 is 5.32 Å². The van der Waals surface area contributed by atoms with Crippen LogP contribution in [0.2, 0.25) is 5.15 Å². The molecule has 2 aliphatic rings. The van der Waals surface area contributed by atoms with Gasteiger partial charge in [0.2, 0.25) is 5.71 Å². The first-order valence-corrected chi connectivity index (χ1v) is 9.63. The predicted molar refractivity (Wildman–Crippen MR) is 103 cm³/mol. The fourth-order valence-electron chi connectivity index (χ4n) is 3.64. The number of hydrogen-bond donors (Lipinski definition) is 1. The van der Waals surface area contributed by atoms with Crippen LogP contribution in [-0.2, 0) is 13.0 Å². The number of hydrogen-bond acceptors (Lipinski definition) is 7. The highest BCUT2D eigenvalue weighted by atomic mass is 35.5. The number of anilines is 1. The number of rotatable bonds is 3. The van der Waals surface area contributed by atoms with Gasteiger partial charge in [0.15, 0.2) is 0 Å². The van der Waals surface area contributed by atoms with Crippen LogP contribution in [0.4, 0.5) is 5.82 Å². The average molecular weight is 399 g/mol. The summed E-state index contributed by atoms with van der Waals surface area (Å²) in [5.74, 6) is 1.07. The topological polar surface area (TPSA) is 97.0 Å². The smallest absolute Gasteiger partial charge is 0.258 e. The van der Waals surface area contributed by atoms with Crippen LogP contribution in [0.1, 0.15) is 47.1 Å². The van der Waals surface area contributed by atoms with Crippen molar-refractivity contribution in [3.05, 3.63) is 40.4 Å². The Kier molecular flexibility index (Phi) is 3.80. The van der Waals surface area contributed by atoms with E-state index in [4.69, 9.17) is 16.0 Å². The van der Waals surface area contributed by atoms with Crippen molar-refractivity contribution >= 4 is 34.4 Å². The Balaban J connectivity index is 1.54. The monoisotopic (exact) mass is 398 g/mol. The minimum absolute atomic E-state index is 0.0184. The van der Waals surface area contributed by atoms with Gasteiger partial charge in [0.05, 0.1) is 23.2 Å². The van der Waals surface area contributed by atoms with Crippen LogP contribution in [0, 0.1) is 6.92 Å². The third kappa shape index (κ3) is 2.79. The first-order chi connectivity index (χ1) is 13.5. The average Bonchev–Trinajstić information content (AvgIpc) is 3.29. The summed E-state index contributed by atoms with van der Waals surface area (Å²) in [7, 11) is 0. The number of amides is 1. The lowest BCUT2D eigenvalue weighted by Crippen LogP contribution is -2.37.